The van der Waals surface area contributed by atoms with Gasteiger partial charge in [-0.2, -0.15) is 0 Å². The van der Waals surface area contributed by atoms with E-state index in [1.807, 2.05) is 0 Å². The average Bonchev–Trinajstić information content (AvgIpc) is 2.65. The van der Waals surface area contributed by atoms with Crippen LogP contribution < -0.4 is 15.2 Å². The lowest BCUT2D eigenvalue weighted by molar-refractivity contribution is -0.0285. The van der Waals surface area contributed by atoms with Gasteiger partial charge < -0.3 is 10.1 Å². The summed E-state index contributed by atoms with van der Waals surface area (Å²) in [6.07, 6.45) is 2.30. The van der Waals surface area contributed by atoms with Crippen LogP contribution in [0.15, 0.2) is 41.3 Å². The van der Waals surface area contributed by atoms with Crippen molar-refractivity contribution in [2.24, 2.45) is 10.6 Å². The summed E-state index contributed by atoms with van der Waals surface area (Å²) in [6, 6.07) is 8.62. The first-order chi connectivity index (χ1) is 13.7. The number of halogens is 2. The Morgan fingerprint density at radius 2 is 1.90 bits per heavy atom. The quantitative estimate of drug-likeness (QED) is 0.747. The van der Waals surface area contributed by atoms with E-state index in [1.165, 1.54) is 24.3 Å². The lowest BCUT2D eigenvalue weighted by Gasteiger charge is -2.52. The fourth-order valence-electron chi connectivity index (χ4n) is 4.15. The molecule has 2 heterocycles. The molecule has 4 rings (SSSR count). The summed E-state index contributed by atoms with van der Waals surface area (Å²) in [5.41, 5.74) is 1.06. The van der Waals surface area contributed by atoms with Gasteiger partial charge in [0.2, 0.25) is 10.0 Å². The monoisotopic (exact) mass is 439 g/mol. The number of sulfonamides is 1. The van der Waals surface area contributed by atoms with Crippen LogP contribution >= 0.6 is 11.6 Å². The number of nitrogens with one attached hydrogen (secondary N) is 1. The first kappa shape index (κ1) is 20.6. The summed E-state index contributed by atoms with van der Waals surface area (Å²) in [6.45, 7) is 4.55. The number of hydrogen-bond donors (Lipinski definition) is 2. The van der Waals surface area contributed by atoms with Crippen molar-refractivity contribution in [3.05, 3.63) is 52.8 Å². The van der Waals surface area contributed by atoms with E-state index >= 15 is 0 Å². The molecule has 3 N–H and O–H groups in total. The lowest BCUT2D eigenvalue weighted by atomic mass is 9.72. The fourth-order valence-corrected chi connectivity index (χ4v) is 4.89. The molecule has 2 aliphatic rings. The van der Waals surface area contributed by atoms with Crippen molar-refractivity contribution in [1.29, 1.82) is 0 Å². The summed E-state index contributed by atoms with van der Waals surface area (Å²) in [5, 5.41) is 8.65. The molecule has 2 aromatic carbocycles. The van der Waals surface area contributed by atoms with Crippen molar-refractivity contribution in [2.75, 3.05) is 26.2 Å². The Morgan fingerprint density at radius 3 is 2.55 bits per heavy atom. The largest absolute Gasteiger partial charge is 0.457 e. The first-order valence-corrected chi connectivity index (χ1v) is 11.4. The summed E-state index contributed by atoms with van der Waals surface area (Å²) in [4.78, 5) is 2.31. The molecule has 9 heteroatoms. The molecule has 0 aromatic heterocycles. The second-order valence-corrected chi connectivity index (χ2v) is 9.86. The maximum atomic E-state index is 13.4. The number of hydrogen-bond acceptors (Lipinski definition) is 5. The standard InChI is InChI=1S/C20H23ClFN3O3S/c21-17-10-15(1-3-18(17)22)28-19-4-2-16(29(23,26)27)9-14(19)11-25-12-20(13-25)5-7-24-8-6-20/h1-4,9-10,24H,5-8,11-13H2,(H2,23,26,27). The van der Waals surface area contributed by atoms with Crippen LogP contribution in [-0.2, 0) is 16.6 Å². The fraction of sp³-hybridized carbons (Fsp3) is 0.400. The predicted octanol–water partition coefficient (Wildman–Crippen LogP) is 3.10. The third kappa shape index (κ3) is 4.57. The van der Waals surface area contributed by atoms with Crippen LogP contribution in [0.5, 0.6) is 11.5 Å². The van der Waals surface area contributed by atoms with Gasteiger partial charge in [0.1, 0.15) is 17.3 Å². The van der Waals surface area contributed by atoms with E-state index in [1.54, 1.807) is 12.1 Å². The van der Waals surface area contributed by atoms with Crippen LogP contribution in [0.3, 0.4) is 0 Å². The van der Waals surface area contributed by atoms with Gasteiger partial charge >= 0.3 is 0 Å². The number of ether oxygens (including phenoxy) is 1. The number of benzene rings is 2. The normalized spacial score (nSPS) is 19.1. The minimum absolute atomic E-state index is 0.0362. The van der Waals surface area contributed by atoms with Crippen molar-refractivity contribution < 1.29 is 17.5 Å². The summed E-state index contributed by atoms with van der Waals surface area (Å²) in [5.74, 6) is 0.336. The zero-order chi connectivity index (χ0) is 20.6. The molecule has 6 nitrogen and oxygen atoms in total. The molecule has 0 atom stereocenters. The summed E-state index contributed by atoms with van der Waals surface area (Å²) >= 11 is 5.84. The third-order valence-corrected chi connectivity index (χ3v) is 6.86. The highest BCUT2D eigenvalue weighted by molar-refractivity contribution is 7.89. The molecule has 0 bridgehead atoms. The van der Waals surface area contributed by atoms with Crippen LogP contribution in [0.25, 0.3) is 0 Å². The summed E-state index contributed by atoms with van der Waals surface area (Å²) < 4.78 is 42.9. The maximum Gasteiger partial charge on any atom is 0.238 e. The van der Waals surface area contributed by atoms with Crippen LogP contribution in [0.4, 0.5) is 4.39 Å². The highest BCUT2D eigenvalue weighted by Gasteiger charge is 2.43. The van der Waals surface area contributed by atoms with Gasteiger partial charge in [-0.15, -0.1) is 0 Å². The highest BCUT2D eigenvalue weighted by Crippen LogP contribution is 2.40. The number of likely N-dealkylation sites (tertiary alicyclic amines) is 1. The molecule has 29 heavy (non-hydrogen) atoms. The van der Waals surface area contributed by atoms with Crippen LogP contribution in [0.2, 0.25) is 5.02 Å². The van der Waals surface area contributed by atoms with Crippen LogP contribution in [0, 0.1) is 11.2 Å². The van der Waals surface area contributed by atoms with Gasteiger partial charge in [0.25, 0.3) is 0 Å². The van der Waals surface area contributed by atoms with E-state index in [0.717, 1.165) is 39.0 Å². The topological polar surface area (TPSA) is 84.7 Å². The van der Waals surface area contributed by atoms with Gasteiger partial charge in [0.05, 0.1) is 9.92 Å². The van der Waals surface area contributed by atoms with Gasteiger partial charge in [-0.25, -0.2) is 17.9 Å². The molecule has 2 fully saturated rings. The number of nitrogens with zero attached hydrogens (tertiary/aromatic N) is 1. The molecule has 0 radical (unpaired) electrons. The molecule has 0 unspecified atom stereocenters. The minimum atomic E-state index is -3.83. The summed E-state index contributed by atoms with van der Waals surface area (Å²) in [7, 11) is -3.83. The van der Waals surface area contributed by atoms with Gasteiger partial charge in [0, 0.05) is 31.3 Å². The van der Waals surface area contributed by atoms with E-state index < -0.39 is 15.8 Å². The van der Waals surface area contributed by atoms with Crippen molar-refractivity contribution in [2.45, 2.75) is 24.3 Å². The smallest absolute Gasteiger partial charge is 0.238 e. The molecule has 0 saturated carbocycles. The molecule has 156 valence electrons. The molecule has 0 amide bonds. The molecule has 2 aromatic rings. The Kier molecular flexibility index (Phi) is 5.56. The van der Waals surface area contributed by atoms with E-state index in [4.69, 9.17) is 21.5 Å². The molecule has 2 aliphatic heterocycles. The van der Waals surface area contributed by atoms with Crippen molar-refractivity contribution in [1.82, 2.24) is 10.2 Å². The van der Waals surface area contributed by atoms with Gasteiger partial charge in [-0.1, -0.05) is 11.6 Å². The average molecular weight is 440 g/mol. The minimum Gasteiger partial charge on any atom is -0.457 e. The van der Waals surface area contributed by atoms with Crippen molar-refractivity contribution in [3.63, 3.8) is 0 Å². The number of rotatable bonds is 5. The second-order valence-electron chi connectivity index (χ2n) is 7.89. The Balaban J connectivity index is 1.57. The SMILES string of the molecule is NS(=O)(=O)c1ccc(Oc2ccc(F)c(Cl)c2)c(CN2CC3(CCNCC3)C2)c1. The highest BCUT2D eigenvalue weighted by atomic mass is 35.5. The number of piperidine rings is 1. The van der Waals surface area contributed by atoms with Crippen molar-refractivity contribution in [3.8, 4) is 11.5 Å². The van der Waals surface area contributed by atoms with Crippen LogP contribution in [0.1, 0.15) is 18.4 Å². The third-order valence-electron chi connectivity index (χ3n) is 5.66. The molecular formula is C20H23ClFN3O3S. The van der Waals surface area contributed by atoms with E-state index in [-0.39, 0.29) is 9.92 Å². The first-order valence-electron chi connectivity index (χ1n) is 9.46. The van der Waals surface area contributed by atoms with Gasteiger partial charge in [0.15, 0.2) is 0 Å². The molecule has 1 spiro atoms. The zero-order valence-electron chi connectivity index (χ0n) is 15.8. The second kappa shape index (κ2) is 7.85. The van der Waals surface area contributed by atoms with Gasteiger partial charge in [-0.3, -0.25) is 4.90 Å². The molecule has 0 aliphatic carbocycles. The number of nitrogens with two attached hydrogens (primary N) is 1. The van der Waals surface area contributed by atoms with Crippen LogP contribution in [-0.4, -0.2) is 39.5 Å². The lowest BCUT2D eigenvalue weighted by Crippen LogP contribution is -2.59. The Morgan fingerprint density at radius 1 is 1.17 bits per heavy atom. The Labute approximate surface area is 174 Å². The zero-order valence-corrected chi connectivity index (χ0v) is 17.4. The molecule has 2 saturated heterocycles. The van der Waals surface area contributed by atoms with E-state index in [2.05, 4.69) is 10.2 Å². The van der Waals surface area contributed by atoms with E-state index in [9.17, 15) is 12.8 Å². The van der Waals surface area contributed by atoms with Gasteiger partial charge in [-0.05, 0) is 61.7 Å². The van der Waals surface area contributed by atoms with E-state index in [0.29, 0.717) is 29.0 Å². The Hall–Kier alpha value is -1.71. The molecular weight excluding hydrogens is 417 g/mol. The Bertz CT molecular complexity index is 1020. The van der Waals surface area contributed by atoms with Crippen molar-refractivity contribution >= 4 is 21.6 Å². The predicted molar refractivity (Wildman–Crippen MR) is 109 cm³/mol. The number of primary sulfonamides is 1. The maximum absolute atomic E-state index is 13.4.